The van der Waals surface area contributed by atoms with Gasteiger partial charge in [-0.15, -0.1) is 0 Å². The second kappa shape index (κ2) is 8.33. The number of alkyl halides is 3. The molecule has 0 fully saturated rings. The number of rotatable bonds is 7. The van der Waals surface area contributed by atoms with Gasteiger partial charge < -0.3 is 9.88 Å². The quantitative estimate of drug-likeness (QED) is 0.566. The van der Waals surface area contributed by atoms with Gasteiger partial charge in [-0.25, -0.2) is 14.2 Å². The molecule has 0 bridgehead atoms. The maximum absolute atomic E-state index is 13.5. The van der Waals surface area contributed by atoms with Gasteiger partial charge in [0.2, 0.25) is 0 Å². The Morgan fingerprint density at radius 1 is 1.17 bits per heavy atom. The summed E-state index contributed by atoms with van der Waals surface area (Å²) in [5, 5.41) is 2.78. The highest BCUT2D eigenvalue weighted by Gasteiger charge is 2.34. The Balaban J connectivity index is 2.00. The summed E-state index contributed by atoms with van der Waals surface area (Å²) in [6, 6.07) is 2.60. The Kier molecular flexibility index (Phi) is 5.99. The molecule has 0 aliphatic heterocycles. The van der Waals surface area contributed by atoms with E-state index in [0.29, 0.717) is 31.4 Å². The highest BCUT2D eigenvalue weighted by Crippen LogP contribution is 2.33. The van der Waals surface area contributed by atoms with E-state index < -0.39 is 28.8 Å². The van der Waals surface area contributed by atoms with Crippen molar-refractivity contribution >= 4 is 16.9 Å². The molecule has 0 amide bonds. The Bertz CT molecular complexity index is 1180. The van der Waals surface area contributed by atoms with Crippen molar-refractivity contribution in [1.29, 1.82) is 0 Å². The number of H-pyrrole nitrogens is 1. The van der Waals surface area contributed by atoms with E-state index in [9.17, 15) is 27.2 Å². The molecule has 0 saturated carbocycles. The zero-order valence-corrected chi connectivity index (χ0v) is 16.4. The molecule has 30 heavy (non-hydrogen) atoms. The lowest BCUT2D eigenvalue weighted by molar-refractivity contribution is -0.139. The minimum absolute atomic E-state index is 0.0210. The predicted octanol–water partition coefficient (Wildman–Crippen LogP) is 3.48. The Morgan fingerprint density at radius 3 is 2.53 bits per heavy atom. The van der Waals surface area contributed by atoms with Crippen LogP contribution < -0.4 is 16.6 Å². The maximum Gasteiger partial charge on any atom is 0.419 e. The van der Waals surface area contributed by atoms with Crippen molar-refractivity contribution < 1.29 is 17.6 Å². The van der Waals surface area contributed by atoms with Crippen LogP contribution in [0.3, 0.4) is 0 Å². The summed E-state index contributed by atoms with van der Waals surface area (Å²) < 4.78 is 55.2. The van der Waals surface area contributed by atoms with E-state index in [1.165, 1.54) is 10.6 Å². The number of benzene rings is 1. The Hall–Kier alpha value is -3.11. The number of aromatic amines is 1. The van der Waals surface area contributed by atoms with Gasteiger partial charge in [-0.1, -0.05) is 13.3 Å². The van der Waals surface area contributed by atoms with E-state index in [-0.39, 0.29) is 23.4 Å². The van der Waals surface area contributed by atoms with Gasteiger partial charge in [-0.3, -0.25) is 14.3 Å². The van der Waals surface area contributed by atoms with Gasteiger partial charge in [0.05, 0.1) is 12.1 Å². The van der Waals surface area contributed by atoms with E-state index in [4.69, 9.17) is 0 Å². The monoisotopic (exact) mass is 427 g/mol. The van der Waals surface area contributed by atoms with E-state index in [0.717, 1.165) is 12.5 Å². The van der Waals surface area contributed by atoms with Gasteiger partial charge in [0, 0.05) is 18.8 Å². The predicted molar refractivity (Wildman–Crippen MR) is 104 cm³/mol. The molecule has 0 radical (unpaired) electrons. The third-order valence-electron chi connectivity index (χ3n) is 4.74. The fourth-order valence-electron chi connectivity index (χ4n) is 3.25. The summed E-state index contributed by atoms with van der Waals surface area (Å²) in [6.45, 7) is 4.47. The van der Waals surface area contributed by atoms with Crippen LogP contribution in [-0.4, -0.2) is 19.1 Å². The van der Waals surface area contributed by atoms with Gasteiger partial charge in [-0.2, -0.15) is 13.2 Å². The molecule has 11 heteroatoms. The number of halogens is 4. The first-order valence-electron chi connectivity index (χ1n) is 9.50. The number of anilines is 1. The van der Waals surface area contributed by atoms with Crippen molar-refractivity contribution in [2.75, 3.05) is 5.32 Å². The zero-order valence-electron chi connectivity index (χ0n) is 16.4. The molecular weight excluding hydrogens is 406 g/mol. The molecule has 1 aromatic carbocycles. The molecule has 0 saturated heterocycles. The van der Waals surface area contributed by atoms with Crippen LogP contribution in [0.15, 0.2) is 27.8 Å². The summed E-state index contributed by atoms with van der Waals surface area (Å²) in [5.41, 5.74) is -2.01. The van der Waals surface area contributed by atoms with Crippen LogP contribution in [0.4, 0.5) is 23.2 Å². The van der Waals surface area contributed by atoms with Crippen molar-refractivity contribution in [3.8, 4) is 0 Å². The zero-order chi connectivity index (χ0) is 22.1. The second-order valence-corrected chi connectivity index (χ2v) is 6.75. The van der Waals surface area contributed by atoms with Crippen LogP contribution in [0.2, 0.25) is 0 Å². The lowest BCUT2D eigenvalue weighted by Crippen LogP contribution is -2.31. The molecule has 2 heterocycles. The van der Waals surface area contributed by atoms with Gasteiger partial charge >= 0.3 is 11.9 Å². The van der Waals surface area contributed by atoms with Gasteiger partial charge in [0.1, 0.15) is 11.6 Å². The molecule has 2 N–H and O–H groups in total. The number of aryl methyl sites for hydroxylation is 2. The van der Waals surface area contributed by atoms with Crippen LogP contribution in [0, 0.1) is 5.82 Å². The van der Waals surface area contributed by atoms with E-state index in [2.05, 4.69) is 15.3 Å². The summed E-state index contributed by atoms with van der Waals surface area (Å²) in [4.78, 5) is 31.3. The van der Waals surface area contributed by atoms with Crippen LogP contribution in [-0.2, 0) is 25.8 Å². The summed E-state index contributed by atoms with van der Waals surface area (Å²) in [5.74, 6) is -0.993. The maximum atomic E-state index is 13.5. The minimum Gasteiger partial charge on any atom is -0.378 e. The van der Waals surface area contributed by atoms with Crippen LogP contribution in [0.25, 0.3) is 11.2 Å². The topological polar surface area (TPSA) is 84.7 Å². The molecule has 0 spiro atoms. The fraction of sp³-hybridized carbons (Fsp3) is 0.421. The summed E-state index contributed by atoms with van der Waals surface area (Å²) >= 11 is 0. The normalized spacial score (nSPS) is 11.9. The highest BCUT2D eigenvalue weighted by molar-refractivity contribution is 5.71. The fourth-order valence-corrected chi connectivity index (χ4v) is 3.25. The number of nitrogens with one attached hydrogen (secondary N) is 2. The van der Waals surface area contributed by atoms with Crippen LogP contribution in [0.5, 0.6) is 0 Å². The third-order valence-corrected chi connectivity index (χ3v) is 4.74. The van der Waals surface area contributed by atoms with Gasteiger partial charge in [0.15, 0.2) is 11.2 Å². The number of hydrogen-bond donors (Lipinski definition) is 2. The first kappa shape index (κ1) is 21.6. The number of fused-ring (bicyclic) bond motifs is 1. The average molecular weight is 427 g/mol. The highest BCUT2D eigenvalue weighted by atomic mass is 19.4. The van der Waals surface area contributed by atoms with E-state index >= 15 is 0 Å². The molecule has 0 aliphatic rings. The minimum atomic E-state index is -4.82. The number of imidazole rings is 1. The van der Waals surface area contributed by atoms with Crippen molar-refractivity contribution in [2.24, 2.45) is 0 Å². The molecular formula is C19H21F4N5O2. The molecule has 0 atom stereocenters. The molecule has 7 nitrogen and oxygen atoms in total. The lowest BCUT2D eigenvalue weighted by atomic mass is 10.2. The smallest absolute Gasteiger partial charge is 0.378 e. The SMILES string of the molecule is CCCCn1c(=O)[nH]c(=O)c2c1nc(CNc1ccc(F)c(C(F)(F)F)c1)n2CC. The number of unbranched alkanes of at least 4 members (excludes halogenated alkanes) is 1. The Morgan fingerprint density at radius 2 is 1.90 bits per heavy atom. The molecule has 2 aromatic heterocycles. The third kappa shape index (κ3) is 4.10. The van der Waals surface area contributed by atoms with Crippen molar-refractivity contribution in [1.82, 2.24) is 19.1 Å². The second-order valence-electron chi connectivity index (χ2n) is 6.75. The standard InChI is InChI=1S/C19H21F4N5O2/c1-3-5-8-28-16-15(17(29)26-18(28)30)27(4-2)14(25-16)10-24-11-6-7-13(20)12(9-11)19(21,22)23/h6-7,9,24H,3-5,8,10H2,1-2H3,(H,26,29,30). The molecule has 3 aromatic rings. The van der Waals surface area contributed by atoms with Crippen molar-refractivity contribution in [3.63, 3.8) is 0 Å². The first-order valence-corrected chi connectivity index (χ1v) is 9.50. The van der Waals surface area contributed by atoms with Crippen LogP contribution >= 0.6 is 0 Å². The summed E-state index contributed by atoms with van der Waals surface area (Å²) in [7, 11) is 0. The summed E-state index contributed by atoms with van der Waals surface area (Å²) in [6.07, 6.45) is -3.27. The molecule has 0 unspecified atom stereocenters. The van der Waals surface area contributed by atoms with E-state index in [1.807, 2.05) is 6.92 Å². The lowest BCUT2D eigenvalue weighted by Gasteiger charge is -2.12. The van der Waals surface area contributed by atoms with Crippen molar-refractivity contribution in [2.45, 2.75) is 52.5 Å². The number of aromatic nitrogens is 4. The largest absolute Gasteiger partial charge is 0.419 e. The van der Waals surface area contributed by atoms with Gasteiger partial charge in [0.25, 0.3) is 5.56 Å². The average Bonchev–Trinajstić information content (AvgIpc) is 3.05. The molecule has 0 aliphatic carbocycles. The Labute approximate surface area is 168 Å². The number of hydrogen-bond acceptors (Lipinski definition) is 4. The van der Waals surface area contributed by atoms with Crippen LogP contribution in [0.1, 0.15) is 38.1 Å². The molecule has 162 valence electrons. The van der Waals surface area contributed by atoms with Gasteiger partial charge in [-0.05, 0) is 31.5 Å². The number of nitrogens with zero attached hydrogens (tertiary/aromatic N) is 3. The molecule has 3 rings (SSSR count). The first-order chi connectivity index (χ1) is 14.2. The van der Waals surface area contributed by atoms with E-state index in [1.54, 1.807) is 11.5 Å². The van der Waals surface area contributed by atoms with Crippen molar-refractivity contribution in [3.05, 3.63) is 56.2 Å².